The third-order valence-corrected chi connectivity index (χ3v) is 9.04. The minimum absolute atomic E-state index is 0.131. The van der Waals surface area contributed by atoms with E-state index in [0.29, 0.717) is 0 Å². The predicted octanol–water partition coefficient (Wildman–Crippen LogP) is 1.14. The highest BCUT2D eigenvalue weighted by Gasteiger charge is 2.49. The first-order valence-corrected chi connectivity index (χ1v) is 13.6. The molecule has 0 amide bonds. The second-order valence-electron chi connectivity index (χ2n) is 8.85. The van der Waals surface area contributed by atoms with E-state index in [1.807, 2.05) is 4.98 Å². The van der Waals surface area contributed by atoms with Gasteiger partial charge in [-0.2, -0.15) is 0 Å². The van der Waals surface area contributed by atoms with Crippen LogP contribution in [0.4, 0.5) is 0 Å². The zero-order valence-electron chi connectivity index (χ0n) is 19.4. The Labute approximate surface area is 204 Å². The summed E-state index contributed by atoms with van der Waals surface area (Å²) in [7, 11) is -9.72. The number of aliphatic hydroxyl groups excluding tert-OH is 1. The number of H-pyrrole nitrogens is 1. The SMILES string of the molecule is CC(C)(C)P(=O)(O)OP(=O)(O)OC[C@H]1O[C@@H](n2ccc(=O)[nH]c2=O)[C@H](OC(=O)c2ccccc2)[C@@H]1O. The molecule has 1 aliphatic rings. The number of phosphoric acid groups is 1. The molecular weight excluding hydrogens is 522 g/mol. The van der Waals surface area contributed by atoms with Crippen LogP contribution in [0.1, 0.15) is 37.4 Å². The molecule has 0 radical (unpaired) electrons. The summed E-state index contributed by atoms with van der Waals surface area (Å²) >= 11 is 0. The molecular formula is C20H26N2O12P2. The van der Waals surface area contributed by atoms with Crippen molar-refractivity contribution in [2.75, 3.05) is 6.61 Å². The Morgan fingerprint density at radius 3 is 2.36 bits per heavy atom. The number of carbonyl (C=O) groups excluding carboxylic acids is 1. The van der Waals surface area contributed by atoms with E-state index in [1.54, 1.807) is 18.2 Å². The molecule has 1 aliphatic heterocycles. The molecule has 0 aliphatic carbocycles. The van der Waals surface area contributed by atoms with Crippen molar-refractivity contribution in [3.05, 3.63) is 69.0 Å². The third kappa shape index (κ3) is 6.47. The lowest BCUT2D eigenvalue weighted by Crippen LogP contribution is -2.40. The van der Waals surface area contributed by atoms with Gasteiger partial charge >= 0.3 is 27.1 Å². The number of hydrogen-bond donors (Lipinski definition) is 4. The van der Waals surface area contributed by atoms with Crippen LogP contribution in [0, 0.1) is 0 Å². The molecule has 1 saturated heterocycles. The maximum atomic E-state index is 12.6. The van der Waals surface area contributed by atoms with Gasteiger partial charge in [-0.15, -0.1) is 0 Å². The van der Waals surface area contributed by atoms with Gasteiger partial charge < -0.3 is 24.4 Å². The highest BCUT2D eigenvalue weighted by Crippen LogP contribution is 2.66. The molecule has 0 spiro atoms. The van der Waals surface area contributed by atoms with Crippen molar-refractivity contribution >= 4 is 21.4 Å². The summed E-state index contributed by atoms with van der Waals surface area (Å²) < 4.78 is 45.6. The minimum atomic E-state index is -5.12. The van der Waals surface area contributed by atoms with Gasteiger partial charge in [0.25, 0.3) is 5.56 Å². The van der Waals surface area contributed by atoms with Gasteiger partial charge in [0.05, 0.1) is 17.3 Å². The molecule has 6 atom stereocenters. The first kappa shape index (κ1) is 28.2. The van der Waals surface area contributed by atoms with Gasteiger partial charge in [-0.1, -0.05) is 18.2 Å². The Morgan fingerprint density at radius 1 is 1.14 bits per heavy atom. The summed E-state index contributed by atoms with van der Waals surface area (Å²) in [4.78, 5) is 58.3. The lowest BCUT2D eigenvalue weighted by Gasteiger charge is -2.26. The van der Waals surface area contributed by atoms with E-state index in [1.165, 1.54) is 32.9 Å². The van der Waals surface area contributed by atoms with Gasteiger partial charge in [-0.3, -0.25) is 23.4 Å². The van der Waals surface area contributed by atoms with Crippen LogP contribution in [-0.4, -0.2) is 60.5 Å². The van der Waals surface area contributed by atoms with Gasteiger partial charge in [-0.25, -0.2) is 18.5 Å². The van der Waals surface area contributed by atoms with Crippen molar-refractivity contribution < 1.29 is 47.1 Å². The molecule has 14 nitrogen and oxygen atoms in total. The number of ether oxygens (including phenoxy) is 2. The average Bonchev–Trinajstić information content (AvgIpc) is 3.06. The van der Waals surface area contributed by atoms with Gasteiger partial charge in [0.1, 0.15) is 12.2 Å². The fraction of sp³-hybridized carbons (Fsp3) is 0.450. The molecule has 4 N–H and O–H groups in total. The maximum Gasteiger partial charge on any atom is 0.479 e. The quantitative estimate of drug-likeness (QED) is 0.271. The number of phosphoric ester groups is 1. The fourth-order valence-electron chi connectivity index (χ4n) is 3.05. The van der Waals surface area contributed by atoms with E-state index in [-0.39, 0.29) is 5.56 Å². The Bertz CT molecular complexity index is 1300. The van der Waals surface area contributed by atoms with Crippen molar-refractivity contribution in [2.24, 2.45) is 0 Å². The molecule has 1 aromatic carbocycles. The molecule has 2 unspecified atom stereocenters. The molecule has 0 bridgehead atoms. The number of hydrogen-bond acceptors (Lipinski definition) is 10. The molecule has 3 rings (SSSR count). The summed E-state index contributed by atoms with van der Waals surface area (Å²) in [6.45, 7) is 3.09. The largest absolute Gasteiger partial charge is 0.479 e. The fourth-order valence-corrected chi connectivity index (χ4v) is 5.68. The summed E-state index contributed by atoms with van der Waals surface area (Å²) in [6.07, 6.45) is -5.09. The first-order chi connectivity index (χ1) is 16.6. The van der Waals surface area contributed by atoms with E-state index in [0.717, 1.165) is 16.8 Å². The van der Waals surface area contributed by atoms with E-state index >= 15 is 0 Å². The van der Waals surface area contributed by atoms with Crippen LogP contribution in [0.25, 0.3) is 0 Å². The van der Waals surface area contributed by atoms with Crippen molar-refractivity contribution in [1.29, 1.82) is 0 Å². The number of nitrogens with zero attached hydrogens (tertiary/aromatic N) is 1. The highest BCUT2D eigenvalue weighted by atomic mass is 31.3. The molecule has 2 aromatic rings. The van der Waals surface area contributed by atoms with Gasteiger partial charge in [-0.05, 0) is 32.9 Å². The molecule has 1 aromatic heterocycles. The number of aromatic amines is 1. The molecule has 0 saturated carbocycles. The van der Waals surface area contributed by atoms with Gasteiger partial charge in [0.15, 0.2) is 12.3 Å². The molecule has 1 fully saturated rings. The summed E-state index contributed by atoms with van der Waals surface area (Å²) in [5, 5.41) is 9.40. The summed E-state index contributed by atoms with van der Waals surface area (Å²) in [5.41, 5.74) is -1.52. The molecule has 2 heterocycles. The normalized spacial score (nSPS) is 25.6. The van der Waals surface area contributed by atoms with Gasteiger partial charge in [0.2, 0.25) is 0 Å². The number of carbonyl (C=O) groups is 1. The van der Waals surface area contributed by atoms with Crippen molar-refractivity contribution in [2.45, 2.75) is 50.5 Å². The van der Waals surface area contributed by atoms with Crippen LogP contribution in [0.5, 0.6) is 0 Å². The zero-order chi connectivity index (χ0) is 26.9. The Balaban J connectivity index is 1.83. The van der Waals surface area contributed by atoms with Crippen LogP contribution in [-0.2, 0) is 27.4 Å². The van der Waals surface area contributed by atoms with Crippen LogP contribution in [0.2, 0.25) is 0 Å². The monoisotopic (exact) mass is 548 g/mol. The van der Waals surface area contributed by atoms with E-state index in [9.17, 15) is 38.4 Å². The van der Waals surface area contributed by atoms with E-state index in [4.69, 9.17) is 14.0 Å². The highest BCUT2D eigenvalue weighted by molar-refractivity contribution is 7.64. The first-order valence-electron chi connectivity index (χ1n) is 10.5. The number of nitrogens with one attached hydrogen (secondary N) is 1. The number of aromatic nitrogens is 2. The molecule has 16 heteroatoms. The van der Waals surface area contributed by atoms with E-state index in [2.05, 4.69) is 4.31 Å². The number of rotatable bonds is 8. The minimum Gasteiger partial charge on any atom is -0.451 e. The number of aliphatic hydroxyl groups is 1. The second-order valence-corrected chi connectivity index (χ2v) is 13.1. The number of esters is 1. The molecule has 198 valence electrons. The topological polar surface area (TPSA) is 204 Å². The zero-order valence-corrected chi connectivity index (χ0v) is 21.2. The van der Waals surface area contributed by atoms with Crippen LogP contribution in [0.15, 0.2) is 52.2 Å². The smallest absolute Gasteiger partial charge is 0.451 e. The molecule has 36 heavy (non-hydrogen) atoms. The predicted molar refractivity (Wildman–Crippen MR) is 123 cm³/mol. The Morgan fingerprint density at radius 2 is 1.78 bits per heavy atom. The Hall–Kier alpha value is -2.41. The van der Waals surface area contributed by atoms with Crippen LogP contribution < -0.4 is 11.2 Å². The second kappa shape index (κ2) is 10.5. The standard InChI is InChI=1S/C20H26N2O12P2/c1-20(2,3)35(27,28)34-36(29,30)31-11-13-15(24)16(33-18(25)12-7-5-4-6-8-12)17(32-13)22-10-9-14(23)21-19(22)26/h4-10,13,15-17,24H,11H2,1-3H3,(H,27,28)(H,29,30)(H,21,23,26)/t13-,15-,16-,17-/m1/s1. The van der Waals surface area contributed by atoms with Crippen molar-refractivity contribution in [1.82, 2.24) is 9.55 Å². The van der Waals surface area contributed by atoms with Gasteiger partial charge in [0, 0.05) is 12.3 Å². The lowest BCUT2D eigenvalue weighted by atomic mass is 10.1. The van der Waals surface area contributed by atoms with Crippen molar-refractivity contribution in [3.63, 3.8) is 0 Å². The Kier molecular flexibility index (Phi) is 8.23. The van der Waals surface area contributed by atoms with Crippen LogP contribution >= 0.6 is 15.4 Å². The van der Waals surface area contributed by atoms with E-state index < -0.39 is 68.9 Å². The maximum absolute atomic E-state index is 12.6. The summed E-state index contributed by atoms with van der Waals surface area (Å²) in [6, 6.07) is 8.73. The summed E-state index contributed by atoms with van der Waals surface area (Å²) in [5.74, 6) is -0.866. The number of benzene rings is 1. The van der Waals surface area contributed by atoms with Crippen LogP contribution in [0.3, 0.4) is 0 Å². The van der Waals surface area contributed by atoms with Crippen molar-refractivity contribution in [3.8, 4) is 0 Å². The lowest BCUT2D eigenvalue weighted by molar-refractivity contribution is -0.0596. The average molecular weight is 548 g/mol. The third-order valence-electron chi connectivity index (χ3n) is 5.15.